The van der Waals surface area contributed by atoms with Gasteiger partial charge in [-0.1, -0.05) is 42.2 Å². The Morgan fingerprint density at radius 3 is 1.82 bits per heavy atom. The molecule has 0 fully saturated rings. The Balaban J connectivity index is 1.93. The summed E-state index contributed by atoms with van der Waals surface area (Å²) >= 11 is 0. The Labute approximate surface area is 186 Å². The zero-order chi connectivity index (χ0) is 24.2. The van der Waals surface area contributed by atoms with Gasteiger partial charge in [0.1, 0.15) is 29.7 Å². The fraction of sp³-hybridized carbons (Fsp3) is 0.154. The predicted molar refractivity (Wildman–Crippen MR) is 113 cm³/mol. The molecule has 3 aromatic carbocycles. The Kier molecular flexibility index (Phi) is 7.27. The number of benzene rings is 3. The number of alkyl halides is 3. The molecule has 0 aromatic heterocycles. The van der Waals surface area contributed by atoms with Gasteiger partial charge in [0, 0.05) is 0 Å². The van der Waals surface area contributed by atoms with Crippen molar-refractivity contribution in [2.24, 2.45) is 0 Å². The summed E-state index contributed by atoms with van der Waals surface area (Å²) in [6.07, 6.45) is -2.81. The quantitative estimate of drug-likeness (QED) is 0.205. The summed E-state index contributed by atoms with van der Waals surface area (Å²) in [6.45, 7) is 3.65. The normalized spacial score (nSPS) is 11.1. The maximum atomic E-state index is 14.8. The molecule has 0 aliphatic rings. The zero-order valence-corrected chi connectivity index (χ0v) is 17.2. The molecule has 0 amide bonds. The summed E-state index contributed by atoms with van der Waals surface area (Å²) in [5.41, 5.74) is -0.187. The number of hydrogen-bond donors (Lipinski definition) is 0. The molecule has 7 heteroatoms. The maximum Gasteiger partial charge on any atom is 0.399 e. The van der Waals surface area contributed by atoms with Gasteiger partial charge in [0.2, 0.25) is 0 Å². The van der Waals surface area contributed by atoms with E-state index in [0.29, 0.717) is 17.7 Å². The van der Waals surface area contributed by atoms with Crippen LogP contribution in [-0.2, 0) is 6.42 Å². The second-order valence-electron chi connectivity index (χ2n) is 7.25. The number of aryl methyl sites for hydroxylation is 1. The molecule has 0 aliphatic heterocycles. The highest BCUT2D eigenvalue weighted by Gasteiger charge is 2.25. The van der Waals surface area contributed by atoms with Crippen LogP contribution in [0.25, 0.3) is 22.3 Å². The fourth-order valence-corrected chi connectivity index (χ4v) is 3.22. The molecule has 0 unspecified atom stereocenters. The van der Waals surface area contributed by atoms with Crippen LogP contribution >= 0.6 is 0 Å². The van der Waals surface area contributed by atoms with Crippen LogP contribution in [0.5, 0.6) is 0 Å². The molecule has 0 radical (unpaired) electrons. The first-order valence-electron chi connectivity index (χ1n) is 9.83. The molecule has 0 spiro atoms. The summed E-state index contributed by atoms with van der Waals surface area (Å²) in [7, 11) is 0. The first-order chi connectivity index (χ1) is 15.6. The maximum absolute atomic E-state index is 14.8. The van der Waals surface area contributed by atoms with E-state index in [4.69, 9.17) is 0 Å². The Morgan fingerprint density at radius 2 is 1.30 bits per heavy atom. The topological polar surface area (TPSA) is 0 Å². The van der Waals surface area contributed by atoms with Gasteiger partial charge in [0.05, 0.1) is 11.1 Å². The van der Waals surface area contributed by atoms with Crippen LogP contribution in [0.1, 0.15) is 24.0 Å². The minimum absolute atomic E-state index is 0.236. The summed E-state index contributed by atoms with van der Waals surface area (Å²) < 4.78 is 94.6. The van der Waals surface area contributed by atoms with E-state index in [-0.39, 0.29) is 5.56 Å². The molecule has 0 N–H and O–H groups in total. The second-order valence-corrected chi connectivity index (χ2v) is 7.25. The van der Waals surface area contributed by atoms with Gasteiger partial charge in [0.15, 0.2) is 0 Å². The molecule has 0 nitrogen and oxygen atoms in total. The SMILES string of the molecule is C=CCCc1ccc(-c2cc(F)c(-c3cc(F)c(C#CCC(F)(F)F)c(F)c3)c(F)c2)cc1. The predicted octanol–water partition coefficient (Wildman–Crippen LogP) is 8.00. The summed E-state index contributed by atoms with van der Waals surface area (Å²) in [4.78, 5) is 0. The third-order valence-corrected chi connectivity index (χ3v) is 4.80. The molecule has 0 saturated heterocycles. The zero-order valence-electron chi connectivity index (χ0n) is 17.2. The van der Waals surface area contributed by atoms with Crippen LogP contribution < -0.4 is 0 Å². The number of hydrogen-bond acceptors (Lipinski definition) is 0. The van der Waals surface area contributed by atoms with Crippen molar-refractivity contribution in [3.8, 4) is 34.1 Å². The smallest absolute Gasteiger partial charge is 0.206 e. The molecule has 33 heavy (non-hydrogen) atoms. The van der Waals surface area contributed by atoms with Crippen LogP contribution in [0.15, 0.2) is 61.2 Å². The van der Waals surface area contributed by atoms with E-state index in [9.17, 15) is 30.7 Å². The first kappa shape index (κ1) is 24.1. The Hall–Kier alpha value is -3.53. The average molecular weight is 462 g/mol. The van der Waals surface area contributed by atoms with Crippen LogP contribution in [0.2, 0.25) is 0 Å². The van der Waals surface area contributed by atoms with Crippen molar-refractivity contribution in [3.05, 3.63) is 95.6 Å². The molecular weight excluding hydrogens is 445 g/mol. The van der Waals surface area contributed by atoms with E-state index in [2.05, 4.69) is 6.58 Å². The van der Waals surface area contributed by atoms with Crippen LogP contribution in [-0.4, -0.2) is 6.18 Å². The van der Waals surface area contributed by atoms with Gasteiger partial charge in [-0.15, -0.1) is 6.58 Å². The summed E-state index contributed by atoms with van der Waals surface area (Å²) in [6, 6.07) is 10.4. The highest BCUT2D eigenvalue weighted by Crippen LogP contribution is 2.33. The van der Waals surface area contributed by atoms with Gasteiger partial charge < -0.3 is 0 Å². The third-order valence-electron chi connectivity index (χ3n) is 4.80. The van der Waals surface area contributed by atoms with Crippen molar-refractivity contribution < 1.29 is 30.7 Å². The third kappa shape index (κ3) is 6.04. The Bertz CT molecular complexity index is 1180. The number of halogens is 7. The lowest BCUT2D eigenvalue weighted by Gasteiger charge is -2.11. The van der Waals surface area contributed by atoms with Gasteiger partial charge in [-0.05, 0) is 59.4 Å². The number of rotatable bonds is 5. The first-order valence-corrected chi connectivity index (χ1v) is 9.83. The second kappa shape index (κ2) is 9.95. The lowest BCUT2D eigenvalue weighted by molar-refractivity contribution is -0.123. The van der Waals surface area contributed by atoms with E-state index in [0.717, 1.165) is 30.5 Å². The van der Waals surface area contributed by atoms with E-state index in [1.165, 1.54) is 0 Å². The largest absolute Gasteiger partial charge is 0.399 e. The van der Waals surface area contributed by atoms with E-state index in [1.807, 2.05) is 12.1 Å². The van der Waals surface area contributed by atoms with Crippen molar-refractivity contribution in [3.63, 3.8) is 0 Å². The summed E-state index contributed by atoms with van der Waals surface area (Å²) in [5.74, 6) is -1.32. The monoisotopic (exact) mass is 462 g/mol. The lowest BCUT2D eigenvalue weighted by Crippen LogP contribution is -2.04. The fourth-order valence-electron chi connectivity index (χ4n) is 3.22. The molecule has 0 saturated carbocycles. The van der Waals surface area contributed by atoms with Crippen molar-refractivity contribution in [2.45, 2.75) is 25.4 Å². The highest BCUT2D eigenvalue weighted by molar-refractivity contribution is 5.72. The van der Waals surface area contributed by atoms with Crippen LogP contribution in [0.3, 0.4) is 0 Å². The van der Waals surface area contributed by atoms with E-state index < -0.39 is 52.6 Å². The molecular formula is C26H17F7. The molecule has 0 heterocycles. The van der Waals surface area contributed by atoms with E-state index in [1.54, 1.807) is 30.0 Å². The van der Waals surface area contributed by atoms with Gasteiger partial charge in [-0.25, -0.2) is 17.6 Å². The highest BCUT2D eigenvalue weighted by atomic mass is 19.4. The van der Waals surface area contributed by atoms with Gasteiger partial charge in [-0.3, -0.25) is 0 Å². The van der Waals surface area contributed by atoms with Gasteiger partial charge >= 0.3 is 6.18 Å². The van der Waals surface area contributed by atoms with E-state index >= 15 is 0 Å². The average Bonchev–Trinajstić information content (AvgIpc) is 2.73. The van der Waals surface area contributed by atoms with Crippen molar-refractivity contribution in [2.75, 3.05) is 0 Å². The molecule has 3 aromatic rings. The van der Waals surface area contributed by atoms with Crippen molar-refractivity contribution in [1.29, 1.82) is 0 Å². The lowest BCUT2D eigenvalue weighted by atomic mass is 9.97. The molecule has 170 valence electrons. The van der Waals surface area contributed by atoms with Crippen LogP contribution in [0, 0.1) is 35.1 Å². The molecule has 0 aliphatic carbocycles. The molecule has 3 rings (SSSR count). The standard InChI is InChI=1S/C26H17F7/c1-2-3-5-16-7-9-17(10-8-16)18-12-23(29)25(24(30)13-18)19-14-21(27)20(22(28)15-19)6-4-11-26(31,32)33/h2,7-10,12-15H,1,3,5,11H2. The minimum atomic E-state index is -4.61. The summed E-state index contributed by atoms with van der Waals surface area (Å²) in [5, 5.41) is 0. The van der Waals surface area contributed by atoms with Crippen molar-refractivity contribution >= 4 is 0 Å². The van der Waals surface area contributed by atoms with Gasteiger partial charge in [0.25, 0.3) is 0 Å². The Morgan fingerprint density at radius 1 is 0.758 bits per heavy atom. The molecule has 0 bridgehead atoms. The minimum Gasteiger partial charge on any atom is -0.206 e. The van der Waals surface area contributed by atoms with Crippen LogP contribution in [0.4, 0.5) is 30.7 Å². The van der Waals surface area contributed by atoms with Gasteiger partial charge in [-0.2, -0.15) is 13.2 Å². The number of allylic oxidation sites excluding steroid dienone is 1. The van der Waals surface area contributed by atoms with Crippen molar-refractivity contribution in [1.82, 2.24) is 0 Å². The molecule has 0 atom stereocenters.